The maximum atomic E-state index is 8.21. The average molecular weight is 176 g/mol. The van der Waals surface area contributed by atoms with Crippen LogP contribution in [0.2, 0.25) is 0 Å². The molecule has 0 spiro atoms. The third-order valence-corrected chi connectivity index (χ3v) is 1.49. The first-order valence-electron chi connectivity index (χ1n) is 4.43. The van der Waals surface area contributed by atoms with E-state index in [-0.39, 0.29) is 0 Å². The Hall–Kier alpha value is -1.36. The Morgan fingerprint density at radius 2 is 2.23 bits per heavy atom. The molecule has 0 bridgehead atoms. The Balaban J connectivity index is 4.08. The number of aliphatic imine (C=N–C) groups is 1. The molecule has 0 saturated heterocycles. The molecule has 0 aromatic heterocycles. The molecular weight excluding hydrogens is 160 g/mol. The van der Waals surface area contributed by atoms with Crippen LogP contribution in [-0.4, -0.2) is 6.21 Å². The van der Waals surface area contributed by atoms with Crippen molar-refractivity contribution in [3.63, 3.8) is 0 Å². The van der Waals surface area contributed by atoms with Crippen LogP contribution < -0.4 is 0 Å². The van der Waals surface area contributed by atoms with Gasteiger partial charge in [0, 0.05) is 18.5 Å². The average Bonchev–Trinajstić information content (AvgIpc) is 2.09. The monoisotopic (exact) mass is 176 g/mol. The fourth-order valence-corrected chi connectivity index (χ4v) is 0.932. The van der Waals surface area contributed by atoms with Crippen molar-refractivity contribution >= 4 is 6.21 Å². The van der Waals surface area contributed by atoms with Crippen molar-refractivity contribution in [3.8, 4) is 6.07 Å². The summed E-state index contributed by atoms with van der Waals surface area (Å²) in [5, 5.41) is 8.21. The molecule has 0 aliphatic heterocycles. The van der Waals surface area contributed by atoms with Crippen molar-refractivity contribution in [1.29, 1.82) is 5.26 Å². The molecule has 0 atom stereocenters. The van der Waals surface area contributed by atoms with Gasteiger partial charge in [-0.25, -0.2) is 0 Å². The quantitative estimate of drug-likeness (QED) is 0.479. The molecule has 0 aliphatic rings. The van der Waals surface area contributed by atoms with Gasteiger partial charge in [0.25, 0.3) is 0 Å². The lowest BCUT2D eigenvalue weighted by atomic mass is 10.0. The summed E-state index contributed by atoms with van der Waals surface area (Å²) in [6, 6.07) is 1.89. The Morgan fingerprint density at radius 1 is 1.54 bits per heavy atom. The molecule has 0 rings (SSSR count). The topological polar surface area (TPSA) is 36.1 Å². The molecule has 0 saturated carbocycles. The van der Waals surface area contributed by atoms with Crippen LogP contribution >= 0.6 is 0 Å². The highest BCUT2D eigenvalue weighted by Gasteiger charge is 1.95. The number of hydrogen-bond donors (Lipinski definition) is 0. The Kier molecular flexibility index (Phi) is 6.53. The molecule has 0 aromatic rings. The number of hydrogen-bond acceptors (Lipinski definition) is 2. The van der Waals surface area contributed by atoms with Gasteiger partial charge in [-0.15, -0.1) is 0 Å². The third kappa shape index (κ3) is 7.02. The normalized spacial score (nSPS) is 13.0. The minimum atomic E-state index is 0.637. The van der Waals surface area contributed by atoms with Gasteiger partial charge in [-0.2, -0.15) is 5.26 Å². The van der Waals surface area contributed by atoms with E-state index in [2.05, 4.69) is 18.8 Å². The smallest absolute Gasteiger partial charge is 0.0928 e. The van der Waals surface area contributed by atoms with E-state index in [0.29, 0.717) is 5.92 Å². The number of allylic oxidation sites excluding steroid dienone is 3. The van der Waals surface area contributed by atoms with E-state index in [1.807, 2.05) is 19.1 Å². The number of rotatable bonds is 4. The molecule has 0 aliphatic carbocycles. The van der Waals surface area contributed by atoms with Crippen LogP contribution in [-0.2, 0) is 0 Å². The standard InChI is InChI=1S/C11H16N2/c1-4-11(8-10(2)3)9-13-7-5-6-12/h4-5,7,9-10H,8H2,1-3H3/b7-5+,11-4-,13-9-. The number of nitriles is 1. The molecule has 2 heteroatoms. The van der Waals surface area contributed by atoms with Crippen LogP contribution in [0.25, 0.3) is 0 Å². The molecule has 0 N–H and O–H groups in total. The summed E-state index contributed by atoms with van der Waals surface area (Å²) in [6.45, 7) is 6.34. The van der Waals surface area contributed by atoms with Gasteiger partial charge in [-0.1, -0.05) is 19.9 Å². The maximum absolute atomic E-state index is 8.21. The molecule has 2 nitrogen and oxygen atoms in total. The van der Waals surface area contributed by atoms with Crippen molar-refractivity contribution in [2.24, 2.45) is 10.9 Å². The fourth-order valence-electron chi connectivity index (χ4n) is 0.932. The first-order chi connectivity index (χ1) is 6.20. The summed E-state index contributed by atoms with van der Waals surface area (Å²) in [7, 11) is 0. The van der Waals surface area contributed by atoms with E-state index < -0.39 is 0 Å². The van der Waals surface area contributed by atoms with Crippen molar-refractivity contribution in [2.75, 3.05) is 0 Å². The molecule has 70 valence electrons. The van der Waals surface area contributed by atoms with Crippen LogP contribution in [0.5, 0.6) is 0 Å². The van der Waals surface area contributed by atoms with Gasteiger partial charge < -0.3 is 0 Å². The summed E-state index contributed by atoms with van der Waals surface area (Å²) < 4.78 is 0. The summed E-state index contributed by atoms with van der Waals surface area (Å²) in [4.78, 5) is 3.99. The van der Waals surface area contributed by atoms with Crippen LogP contribution in [0.4, 0.5) is 0 Å². The molecular formula is C11H16N2. The van der Waals surface area contributed by atoms with E-state index in [1.54, 1.807) is 6.21 Å². The lowest BCUT2D eigenvalue weighted by Crippen LogP contribution is -1.92. The van der Waals surface area contributed by atoms with E-state index in [1.165, 1.54) is 17.8 Å². The highest BCUT2D eigenvalue weighted by atomic mass is 14.7. The zero-order chi connectivity index (χ0) is 10.1. The molecule has 0 fully saturated rings. The van der Waals surface area contributed by atoms with Gasteiger partial charge >= 0.3 is 0 Å². The van der Waals surface area contributed by atoms with Gasteiger partial charge in [0.1, 0.15) is 0 Å². The summed E-state index contributed by atoms with van der Waals surface area (Å²) in [5.74, 6) is 0.637. The zero-order valence-corrected chi connectivity index (χ0v) is 8.49. The molecule has 0 heterocycles. The second kappa shape index (κ2) is 7.30. The predicted molar refractivity (Wildman–Crippen MR) is 56.5 cm³/mol. The summed E-state index contributed by atoms with van der Waals surface area (Å²) in [6.07, 6.45) is 7.74. The summed E-state index contributed by atoms with van der Waals surface area (Å²) in [5.41, 5.74) is 1.21. The first kappa shape index (κ1) is 11.6. The van der Waals surface area contributed by atoms with Crippen molar-refractivity contribution < 1.29 is 0 Å². The molecule has 0 unspecified atom stereocenters. The SMILES string of the molecule is C\C=C(/C=N\C=C\C#N)CC(C)C. The minimum absolute atomic E-state index is 0.637. The highest BCUT2D eigenvalue weighted by molar-refractivity contribution is 5.78. The van der Waals surface area contributed by atoms with Crippen LogP contribution in [0, 0.1) is 17.2 Å². The second-order valence-corrected chi connectivity index (χ2v) is 3.18. The van der Waals surface area contributed by atoms with Gasteiger partial charge in [0.2, 0.25) is 0 Å². The highest BCUT2D eigenvalue weighted by Crippen LogP contribution is 2.08. The van der Waals surface area contributed by atoms with E-state index in [9.17, 15) is 0 Å². The van der Waals surface area contributed by atoms with E-state index in [4.69, 9.17) is 5.26 Å². The molecule has 0 radical (unpaired) electrons. The van der Waals surface area contributed by atoms with Crippen LogP contribution in [0.15, 0.2) is 28.9 Å². The van der Waals surface area contributed by atoms with Gasteiger partial charge in [-0.3, -0.25) is 4.99 Å². The maximum Gasteiger partial charge on any atom is 0.0928 e. The zero-order valence-electron chi connectivity index (χ0n) is 8.49. The van der Waals surface area contributed by atoms with E-state index >= 15 is 0 Å². The van der Waals surface area contributed by atoms with Crippen molar-refractivity contribution in [3.05, 3.63) is 23.9 Å². The van der Waals surface area contributed by atoms with E-state index in [0.717, 1.165) is 6.42 Å². The lowest BCUT2D eigenvalue weighted by molar-refractivity contribution is 0.654. The summed E-state index contributed by atoms with van der Waals surface area (Å²) >= 11 is 0. The second-order valence-electron chi connectivity index (χ2n) is 3.18. The van der Waals surface area contributed by atoms with Crippen molar-refractivity contribution in [1.82, 2.24) is 0 Å². The Morgan fingerprint density at radius 3 is 2.69 bits per heavy atom. The first-order valence-corrected chi connectivity index (χ1v) is 4.43. The predicted octanol–water partition coefficient (Wildman–Crippen LogP) is 3.09. The fraction of sp³-hybridized carbons (Fsp3) is 0.455. The minimum Gasteiger partial charge on any atom is -0.264 e. The van der Waals surface area contributed by atoms with Gasteiger partial charge in [0.15, 0.2) is 0 Å². The Labute approximate surface area is 80.3 Å². The Bertz CT molecular complexity index is 252. The lowest BCUT2D eigenvalue weighted by Gasteiger charge is -2.03. The third-order valence-electron chi connectivity index (χ3n) is 1.49. The van der Waals surface area contributed by atoms with Crippen molar-refractivity contribution in [2.45, 2.75) is 27.2 Å². The largest absolute Gasteiger partial charge is 0.264 e. The molecule has 0 amide bonds. The molecule has 13 heavy (non-hydrogen) atoms. The molecule has 0 aromatic carbocycles. The van der Waals surface area contributed by atoms with Gasteiger partial charge in [-0.05, 0) is 24.8 Å². The van der Waals surface area contributed by atoms with Crippen LogP contribution in [0.3, 0.4) is 0 Å². The van der Waals surface area contributed by atoms with Crippen LogP contribution in [0.1, 0.15) is 27.2 Å². The number of nitrogens with zero attached hydrogens (tertiary/aromatic N) is 2. The van der Waals surface area contributed by atoms with Gasteiger partial charge in [0.05, 0.1) is 6.07 Å².